The van der Waals surface area contributed by atoms with Crippen molar-refractivity contribution in [1.29, 1.82) is 0 Å². The molecular weight excluding hydrogens is 282 g/mol. The molecule has 6 heteroatoms. The van der Waals surface area contributed by atoms with Gasteiger partial charge in [0.2, 0.25) is 17.7 Å². The van der Waals surface area contributed by atoms with Gasteiger partial charge in [0, 0.05) is 30.8 Å². The average molecular weight is 303 g/mol. The fourth-order valence-electron chi connectivity index (χ4n) is 2.33. The van der Waals surface area contributed by atoms with E-state index in [0.717, 1.165) is 12.1 Å². The summed E-state index contributed by atoms with van der Waals surface area (Å²) in [6.07, 6.45) is 1.76. The van der Waals surface area contributed by atoms with Crippen molar-refractivity contribution in [3.05, 3.63) is 24.3 Å². The third-order valence-electron chi connectivity index (χ3n) is 3.59. The maximum absolute atomic E-state index is 12.1. The van der Waals surface area contributed by atoms with Crippen LogP contribution in [0.1, 0.15) is 33.1 Å². The van der Waals surface area contributed by atoms with E-state index in [9.17, 15) is 14.4 Å². The Morgan fingerprint density at radius 1 is 1.36 bits per heavy atom. The van der Waals surface area contributed by atoms with Crippen molar-refractivity contribution < 1.29 is 14.4 Å². The Kier molecular flexibility index (Phi) is 5.14. The van der Waals surface area contributed by atoms with E-state index in [1.54, 1.807) is 36.9 Å². The maximum Gasteiger partial charge on any atom is 0.246 e. The lowest BCUT2D eigenvalue weighted by Crippen LogP contribution is -2.41. The highest BCUT2D eigenvalue weighted by Gasteiger charge is 2.22. The van der Waals surface area contributed by atoms with Gasteiger partial charge in [-0.05, 0) is 31.5 Å². The van der Waals surface area contributed by atoms with Crippen LogP contribution in [0.2, 0.25) is 0 Å². The minimum atomic E-state index is -0.607. The summed E-state index contributed by atoms with van der Waals surface area (Å²) in [5, 5.41) is 5.37. The van der Waals surface area contributed by atoms with Gasteiger partial charge in [-0.3, -0.25) is 14.4 Å². The summed E-state index contributed by atoms with van der Waals surface area (Å²) < 4.78 is 0. The van der Waals surface area contributed by atoms with E-state index in [1.807, 2.05) is 6.07 Å². The molecule has 118 valence electrons. The van der Waals surface area contributed by atoms with E-state index in [1.165, 1.54) is 0 Å². The molecule has 0 aliphatic carbocycles. The zero-order valence-electron chi connectivity index (χ0n) is 12.9. The van der Waals surface area contributed by atoms with E-state index in [2.05, 4.69) is 10.6 Å². The lowest BCUT2D eigenvalue weighted by Gasteiger charge is -2.18. The van der Waals surface area contributed by atoms with Crippen LogP contribution in [-0.2, 0) is 14.4 Å². The van der Waals surface area contributed by atoms with Crippen molar-refractivity contribution in [1.82, 2.24) is 5.32 Å². The number of benzene rings is 1. The molecule has 1 aromatic carbocycles. The minimum Gasteiger partial charge on any atom is -0.345 e. The van der Waals surface area contributed by atoms with Crippen LogP contribution in [0, 0.1) is 0 Å². The number of nitrogens with one attached hydrogen (secondary N) is 2. The topological polar surface area (TPSA) is 78.5 Å². The number of rotatable bonds is 5. The quantitative estimate of drug-likeness (QED) is 0.868. The number of hydrogen-bond donors (Lipinski definition) is 2. The lowest BCUT2D eigenvalue weighted by molar-refractivity contribution is -0.125. The second kappa shape index (κ2) is 7.06. The first-order valence-electron chi connectivity index (χ1n) is 7.52. The van der Waals surface area contributed by atoms with Crippen LogP contribution in [0.5, 0.6) is 0 Å². The van der Waals surface area contributed by atoms with Crippen LogP contribution in [0.15, 0.2) is 24.3 Å². The smallest absolute Gasteiger partial charge is 0.246 e. The first kappa shape index (κ1) is 16.0. The van der Waals surface area contributed by atoms with Crippen molar-refractivity contribution in [2.24, 2.45) is 0 Å². The molecule has 1 aliphatic heterocycles. The van der Waals surface area contributed by atoms with E-state index < -0.39 is 6.04 Å². The standard InChI is InChI=1S/C16H21N3O3/c1-3-14(20)17-11(2)16(22)18-12-6-4-7-13(10-12)19-9-5-8-15(19)21/h4,6-7,10-11H,3,5,8-9H2,1-2H3,(H,17,20)(H,18,22). The number of amides is 3. The molecule has 6 nitrogen and oxygen atoms in total. The molecule has 2 rings (SSSR count). The van der Waals surface area contributed by atoms with Crippen LogP contribution in [0.25, 0.3) is 0 Å². The molecule has 1 saturated heterocycles. The van der Waals surface area contributed by atoms with Gasteiger partial charge < -0.3 is 15.5 Å². The molecule has 0 radical (unpaired) electrons. The van der Waals surface area contributed by atoms with Crippen LogP contribution < -0.4 is 15.5 Å². The SMILES string of the molecule is CCC(=O)NC(C)C(=O)Nc1cccc(N2CCCC2=O)c1. The second-order valence-corrected chi connectivity index (χ2v) is 5.33. The summed E-state index contributed by atoms with van der Waals surface area (Å²) in [6, 6.07) is 6.57. The summed E-state index contributed by atoms with van der Waals surface area (Å²) in [5.41, 5.74) is 1.39. The van der Waals surface area contributed by atoms with Crippen LogP contribution in [-0.4, -0.2) is 30.3 Å². The van der Waals surface area contributed by atoms with Crippen LogP contribution >= 0.6 is 0 Å². The molecule has 3 amide bonds. The number of hydrogen-bond acceptors (Lipinski definition) is 3. The van der Waals surface area contributed by atoms with Crippen molar-refractivity contribution in [2.45, 2.75) is 39.2 Å². The van der Waals surface area contributed by atoms with E-state index in [4.69, 9.17) is 0 Å². The minimum absolute atomic E-state index is 0.104. The molecule has 1 unspecified atom stereocenters. The summed E-state index contributed by atoms with van der Waals surface area (Å²) in [4.78, 5) is 36.8. The van der Waals surface area contributed by atoms with Crippen molar-refractivity contribution in [3.63, 3.8) is 0 Å². The summed E-state index contributed by atoms with van der Waals surface area (Å²) in [7, 11) is 0. The molecule has 0 saturated carbocycles. The van der Waals surface area contributed by atoms with Crippen molar-refractivity contribution in [2.75, 3.05) is 16.8 Å². The van der Waals surface area contributed by atoms with Crippen molar-refractivity contribution >= 4 is 29.1 Å². The van der Waals surface area contributed by atoms with Gasteiger partial charge in [0.25, 0.3) is 0 Å². The Hall–Kier alpha value is -2.37. The molecule has 0 aromatic heterocycles. The third kappa shape index (κ3) is 3.84. The molecule has 1 atom stereocenters. The summed E-state index contributed by atoms with van der Waals surface area (Å²) in [5.74, 6) is -0.349. The van der Waals surface area contributed by atoms with Gasteiger partial charge in [0.05, 0.1) is 0 Å². The second-order valence-electron chi connectivity index (χ2n) is 5.33. The van der Waals surface area contributed by atoms with Gasteiger partial charge >= 0.3 is 0 Å². The number of anilines is 2. The normalized spacial score (nSPS) is 15.5. The lowest BCUT2D eigenvalue weighted by atomic mass is 10.2. The zero-order valence-corrected chi connectivity index (χ0v) is 12.9. The molecule has 1 fully saturated rings. The van der Waals surface area contributed by atoms with E-state index in [-0.39, 0.29) is 17.7 Å². The Bertz CT molecular complexity index is 586. The number of carbonyl (C=O) groups is 3. The highest BCUT2D eigenvalue weighted by molar-refractivity contribution is 5.99. The number of carbonyl (C=O) groups excluding carboxylic acids is 3. The average Bonchev–Trinajstić information content (AvgIpc) is 2.93. The summed E-state index contributed by atoms with van der Waals surface area (Å²) >= 11 is 0. The molecule has 2 N–H and O–H groups in total. The molecule has 0 bridgehead atoms. The number of nitrogens with zero attached hydrogens (tertiary/aromatic N) is 1. The predicted octanol–water partition coefficient (Wildman–Crippen LogP) is 1.67. The van der Waals surface area contributed by atoms with Gasteiger partial charge in [0.15, 0.2) is 0 Å². The van der Waals surface area contributed by atoms with Crippen LogP contribution in [0.3, 0.4) is 0 Å². The fraction of sp³-hybridized carbons (Fsp3) is 0.438. The van der Waals surface area contributed by atoms with E-state index >= 15 is 0 Å². The van der Waals surface area contributed by atoms with E-state index in [0.29, 0.717) is 25.1 Å². The van der Waals surface area contributed by atoms with Crippen molar-refractivity contribution in [3.8, 4) is 0 Å². The maximum atomic E-state index is 12.1. The Labute approximate surface area is 129 Å². The molecular formula is C16H21N3O3. The summed E-state index contributed by atoms with van der Waals surface area (Å²) in [6.45, 7) is 4.08. The van der Waals surface area contributed by atoms with Crippen LogP contribution in [0.4, 0.5) is 11.4 Å². The Morgan fingerprint density at radius 2 is 2.14 bits per heavy atom. The first-order chi connectivity index (χ1) is 10.5. The highest BCUT2D eigenvalue weighted by Crippen LogP contribution is 2.24. The molecule has 1 aromatic rings. The molecule has 1 heterocycles. The zero-order chi connectivity index (χ0) is 16.1. The van der Waals surface area contributed by atoms with Gasteiger partial charge in [-0.25, -0.2) is 0 Å². The molecule has 22 heavy (non-hydrogen) atoms. The first-order valence-corrected chi connectivity index (χ1v) is 7.52. The Morgan fingerprint density at radius 3 is 2.77 bits per heavy atom. The molecule has 1 aliphatic rings. The third-order valence-corrected chi connectivity index (χ3v) is 3.59. The highest BCUT2D eigenvalue weighted by atomic mass is 16.2. The van der Waals surface area contributed by atoms with Gasteiger partial charge in [-0.15, -0.1) is 0 Å². The largest absolute Gasteiger partial charge is 0.345 e. The van der Waals surface area contributed by atoms with Gasteiger partial charge in [-0.2, -0.15) is 0 Å². The van der Waals surface area contributed by atoms with Gasteiger partial charge in [-0.1, -0.05) is 13.0 Å². The van der Waals surface area contributed by atoms with Gasteiger partial charge in [0.1, 0.15) is 6.04 Å². The monoisotopic (exact) mass is 303 g/mol. The Balaban J connectivity index is 2.02. The fourth-order valence-corrected chi connectivity index (χ4v) is 2.33. The molecule has 0 spiro atoms. The predicted molar refractivity (Wildman–Crippen MR) is 84.6 cm³/mol.